The maximum absolute atomic E-state index is 5.87. The maximum atomic E-state index is 5.87. The van der Waals surface area contributed by atoms with Crippen molar-refractivity contribution in [2.45, 2.75) is 13.0 Å². The molecule has 0 spiro atoms. The smallest absolute Gasteiger partial charge is 0.162 e. The lowest BCUT2D eigenvalue weighted by Gasteiger charge is -2.11. The fourth-order valence-corrected chi connectivity index (χ4v) is 1.38. The molecule has 0 N–H and O–H groups in total. The van der Waals surface area contributed by atoms with Crippen LogP contribution in [0.2, 0.25) is 5.02 Å². The Morgan fingerprint density at radius 3 is 2.87 bits per heavy atom. The van der Waals surface area contributed by atoms with Crippen molar-refractivity contribution >= 4 is 11.6 Å². The molecule has 1 aliphatic heterocycles. The molecule has 82 valence electrons. The summed E-state index contributed by atoms with van der Waals surface area (Å²) in [4.78, 5) is 0. The molecule has 0 aliphatic carbocycles. The number of rotatable bonds is 5. The molecule has 1 fully saturated rings. The van der Waals surface area contributed by atoms with Gasteiger partial charge in [-0.1, -0.05) is 11.6 Å². The van der Waals surface area contributed by atoms with Crippen molar-refractivity contribution in [3.63, 3.8) is 0 Å². The van der Waals surface area contributed by atoms with Crippen molar-refractivity contribution in [2.75, 3.05) is 19.8 Å². The predicted molar refractivity (Wildman–Crippen MR) is 57.9 cm³/mol. The molecule has 0 bridgehead atoms. The van der Waals surface area contributed by atoms with Gasteiger partial charge in [-0.3, -0.25) is 0 Å². The molecule has 1 unspecified atom stereocenters. The van der Waals surface area contributed by atoms with Gasteiger partial charge < -0.3 is 14.2 Å². The number of hydrogen-bond donors (Lipinski definition) is 0. The molecule has 0 amide bonds. The zero-order chi connectivity index (χ0) is 10.7. The van der Waals surface area contributed by atoms with Gasteiger partial charge in [0.15, 0.2) is 11.5 Å². The highest BCUT2D eigenvalue weighted by atomic mass is 35.5. The minimum Gasteiger partial charge on any atom is -0.490 e. The van der Waals surface area contributed by atoms with E-state index in [0.717, 1.165) is 12.4 Å². The van der Waals surface area contributed by atoms with E-state index in [1.165, 1.54) is 0 Å². The summed E-state index contributed by atoms with van der Waals surface area (Å²) in [5.74, 6) is 1.41. The van der Waals surface area contributed by atoms with Crippen molar-refractivity contribution < 1.29 is 14.2 Å². The summed E-state index contributed by atoms with van der Waals surface area (Å²) in [6, 6.07) is 5.36. The maximum Gasteiger partial charge on any atom is 0.162 e. The van der Waals surface area contributed by atoms with Gasteiger partial charge in [0.05, 0.1) is 13.2 Å². The van der Waals surface area contributed by atoms with E-state index >= 15 is 0 Å². The van der Waals surface area contributed by atoms with Crippen LogP contribution in [-0.4, -0.2) is 25.9 Å². The van der Waals surface area contributed by atoms with Gasteiger partial charge in [0.25, 0.3) is 0 Å². The van der Waals surface area contributed by atoms with Crippen molar-refractivity contribution in [3.05, 3.63) is 23.2 Å². The lowest BCUT2D eigenvalue weighted by atomic mass is 10.3. The summed E-state index contributed by atoms with van der Waals surface area (Å²) < 4.78 is 16.0. The molecule has 2 rings (SSSR count). The van der Waals surface area contributed by atoms with Crippen molar-refractivity contribution in [2.24, 2.45) is 0 Å². The second-order valence-electron chi connectivity index (χ2n) is 3.29. The standard InChI is InChI=1S/C11H13ClO3/c1-2-13-11-5-8(12)3-4-10(11)15-7-9-6-14-9/h3-5,9H,2,6-7H2,1H3. The normalized spacial score (nSPS) is 18.7. The molecule has 1 aliphatic rings. The number of hydrogen-bond acceptors (Lipinski definition) is 3. The van der Waals surface area contributed by atoms with E-state index < -0.39 is 0 Å². The number of benzene rings is 1. The zero-order valence-electron chi connectivity index (χ0n) is 8.53. The molecular formula is C11H13ClO3. The average molecular weight is 229 g/mol. The Morgan fingerprint density at radius 1 is 1.40 bits per heavy atom. The fraction of sp³-hybridized carbons (Fsp3) is 0.455. The molecule has 0 radical (unpaired) electrons. The highest BCUT2D eigenvalue weighted by molar-refractivity contribution is 6.30. The van der Waals surface area contributed by atoms with Crippen LogP contribution in [0.15, 0.2) is 18.2 Å². The SMILES string of the molecule is CCOc1cc(Cl)ccc1OCC1CO1. The van der Waals surface area contributed by atoms with Gasteiger partial charge >= 0.3 is 0 Å². The molecule has 1 aromatic carbocycles. The van der Waals surface area contributed by atoms with Crippen LogP contribution in [0.25, 0.3) is 0 Å². The van der Waals surface area contributed by atoms with Crippen LogP contribution in [0.4, 0.5) is 0 Å². The Balaban J connectivity index is 2.04. The third-order valence-electron chi connectivity index (χ3n) is 2.03. The van der Waals surface area contributed by atoms with Crippen LogP contribution < -0.4 is 9.47 Å². The Morgan fingerprint density at radius 2 is 2.20 bits per heavy atom. The predicted octanol–water partition coefficient (Wildman–Crippen LogP) is 2.52. The highest BCUT2D eigenvalue weighted by Gasteiger charge is 2.23. The first-order valence-corrected chi connectivity index (χ1v) is 5.34. The molecule has 0 aromatic heterocycles. The summed E-state index contributed by atoms with van der Waals surface area (Å²) in [5, 5.41) is 0.647. The van der Waals surface area contributed by atoms with Gasteiger partial charge in [-0.2, -0.15) is 0 Å². The second-order valence-corrected chi connectivity index (χ2v) is 3.73. The molecule has 15 heavy (non-hydrogen) atoms. The largest absolute Gasteiger partial charge is 0.490 e. The highest BCUT2D eigenvalue weighted by Crippen LogP contribution is 2.31. The Labute approximate surface area is 93.9 Å². The van der Waals surface area contributed by atoms with Gasteiger partial charge in [0.1, 0.15) is 12.7 Å². The first kappa shape index (κ1) is 10.6. The van der Waals surface area contributed by atoms with E-state index in [9.17, 15) is 0 Å². The van der Waals surface area contributed by atoms with Crippen LogP contribution >= 0.6 is 11.6 Å². The molecule has 0 saturated carbocycles. The van der Waals surface area contributed by atoms with Gasteiger partial charge in [-0.25, -0.2) is 0 Å². The van der Waals surface area contributed by atoms with Crippen LogP contribution in [-0.2, 0) is 4.74 Å². The molecule has 3 nitrogen and oxygen atoms in total. The fourth-order valence-electron chi connectivity index (χ4n) is 1.22. The molecule has 1 heterocycles. The van der Waals surface area contributed by atoms with Crippen molar-refractivity contribution in [3.8, 4) is 11.5 Å². The first-order valence-electron chi connectivity index (χ1n) is 4.96. The van der Waals surface area contributed by atoms with E-state index in [-0.39, 0.29) is 6.10 Å². The lowest BCUT2D eigenvalue weighted by molar-refractivity contribution is 0.245. The van der Waals surface area contributed by atoms with Crippen LogP contribution in [0.1, 0.15) is 6.92 Å². The molecule has 4 heteroatoms. The van der Waals surface area contributed by atoms with E-state index in [0.29, 0.717) is 24.0 Å². The van der Waals surface area contributed by atoms with E-state index in [4.69, 9.17) is 25.8 Å². The zero-order valence-corrected chi connectivity index (χ0v) is 9.29. The number of epoxide rings is 1. The molecule has 1 saturated heterocycles. The third kappa shape index (κ3) is 3.01. The van der Waals surface area contributed by atoms with Gasteiger partial charge in [0, 0.05) is 11.1 Å². The molecular weight excluding hydrogens is 216 g/mol. The third-order valence-corrected chi connectivity index (χ3v) is 2.27. The monoisotopic (exact) mass is 228 g/mol. The average Bonchev–Trinajstić information content (AvgIpc) is 3.01. The minimum absolute atomic E-state index is 0.246. The summed E-state index contributed by atoms with van der Waals surface area (Å²) >= 11 is 5.87. The topological polar surface area (TPSA) is 31.0 Å². The minimum atomic E-state index is 0.246. The van der Waals surface area contributed by atoms with Crippen molar-refractivity contribution in [1.29, 1.82) is 0 Å². The Hall–Kier alpha value is -0.930. The first-order chi connectivity index (χ1) is 7.29. The van der Waals surface area contributed by atoms with E-state index in [1.807, 2.05) is 13.0 Å². The molecule has 1 atom stereocenters. The summed E-state index contributed by atoms with van der Waals surface area (Å²) in [6.45, 7) is 3.88. The second kappa shape index (κ2) is 4.73. The van der Waals surface area contributed by atoms with Crippen LogP contribution in [0.3, 0.4) is 0 Å². The van der Waals surface area contributed by atoms with Crippen LogP contribution in [0.5, 0.6) is 11.5 Å². The van der Waals surface area contributed by atoms with Gasteiger partial charge in [-0.05, 0) is 19.1 Å². The van der Waals surface area contributed by atoms with Crippen LogP contribution in [0, 0.1) is 0 Å². The lowest BCUT2D eigenvalue weighted by Crippen LogP contribution is -2.05. The summed E-state index contributed by atoms with van der Waals surface area (Å²) in [5.41, 5.74) is 0. The number of ether oxygens (including phenoxy) is 3. The number of halogens is 1. The summed E-state index contributed by atoms with van der Waals surface area (Å²) in [6.07, 6.45) is 0.246. The van der Waals surface area contributed by atoms with Gasteiger partial charge in [0.2, 0.25) is 0 Å². The van der Waals surface area contributed by atoms with E-state index in [2.05, 4.69) is 0 Å². The van der Waals surface area contributed by atoms with Crippen molar-refractivity contribution in [1.82, 2.24) is 0 Å². The Bertz CT molecular complexity index is 337. The van der Waals surface area contributed by atoms with E-state index in [1.54, 1.807) is 12.1 Å². The Kier molecular flexibility index (Phi) is 3.34. The molecule has 1 aromatic rings. The quantitative estimate of drug-likeness (QED) is 0.726. The van der Waals surface area contributed by atoms with Gasteiger partial charge in [-0.15, -0.1) is 0 Å². The summed E-state index contributed by atoms with van der Waals surface area (Å²) in [7, 11) is 0.